The summed E-state index contributed by atoms with van der Waals surface area (Å²) in [7, 11) is 0. The third-order valence-electron chi connectivity index (χ3n) is 3.75. The highest BCUT2D eigenvalue weighted by Crippen LogP contribution is 2.21. The largest absolute Gasteiger partial charge is 0.423 e. The molecule has 3 aromatic rings. The molecule has 3 aromatic carbocycles. The SMILES string of the molecule is N#Cc1c(F)cc(OC(=O)c2ccc(C#Cc3c(F)cccc3F)cc2)cc1F. The molecular weight excluding hydrogens is 386 g/mol. The van der Waals surface area contributed by atoms with E-state index in [1.54, 1.807) is 0 Å². The van der Waals surface area contributed by atoms with Crippen molar-refractivity contribution in [3.8, 4) is 23.7 Å². The maximum absolute atomic E-state index is 13.6. The van der Waals surface area contributed by atoms with Crippen molar-refractivity contribution in [1.29, 1.82) is 5.26 Å². The highest BCUT2D eigenvalue weighted by Gasteiger charge is 2.15. The summed E-state index contributed by atoms with van der Waals surface area (Å²) in [6.07, 6.45) is 0. The number of nitriles is 1. The number of hydrogen-bond acceptors (Lipinski definition) is 3. The molecule has 29 heavy (non-hydrogen) atoms. The summed E-state index contributed by atoms with van der Waals surface area (Å²) < 4.78 is 59.2. The number of halogens is 4. The molecule has 3 rings (SSSR count). The maximum Gasteiger partial charge on any atom is 0.343 e. The lowest BCUT2D eigenvalue weighted by Gasteiger charge is -2.06. The minimum Gasteiger partial charge on any atom is -0.423 e. The average molecular weight is 395 g/mol. The summed E-state index contributed by atoms with van der Waals surface area (Å²) in [5, 5.41) is 8.63. The van der Waals surface area contributed by atoms with E-state index in [-0.39, 0.29) is 11.1 Å². The second-order valence-electron chi connectivity index (χ2n) is 5.69. The lowest BCUT2D eigenvalue weighted by atomic mass is 10.1. The highest BCUT2D eigenvalue weighted by atomic mass is 19.1. The number of rotatable bonds is 2. The van der Waals surface area contributed by atoms with Crippen molar-refractivity contribution < 1.29 is 27.1 Å². The van der Waals surface area contributed by atoms with Crippen LogP contribution in [0.4, 0.5) is 17.6 Å². The first kappa shape index (κ1) is 19.7. The molecule has 0 aliphatic carbocycles. The first-order valence-corrected chi connectivity index (χ1v) is 8.06. The number of esters is 1. The standard InChI is InChI=1S/C22H9F4NO2/c23-18-2-1-3-19(24)16(18)9-6-13-4-7-14(8-5-13)22(28)29-15-10-20(25)17(12-27)21(26)11-15/h1-5,7-8,10-11H. The Bertz CT molecular complexity index is 1160. The first-order chi connectivity index (χ1) is 13.9. The predicted molar refractivity (Wildman–Crippen MR) is 94.8 cm³/mol. The number of hydrogen-bond donors (Lipinski definition) is 0. The fourth-order valence-electron chi connectivity index (χ4n) is 2.32. The van der Waals surface area contributed by atoms with Crippen LogP contribution in [0.3, 0.4) is 0 Å². The maximum atomic E-state index is 13.6. The monoisotopic (exact) mass is 395 g/mol. The molecule has 0 heterocycles. The van der Waals surface area contributed by atoms with E-state index >= 15 is 0 Å². The lowest BCUT2D eigenvalue weighted by Crippen LogP contribution is -2.09. The van der Waals surface area contributed by atoms with E-state index in [1.807, 2.05) is 0 Å². The topological polar surface area (TPSA) is 50.1 Å². The van der Waals surface area contributed by atoms with Gasteiger partial charge < -0.3 is 4.74 Å². The van der Waals surface area contributed by atoms with Crippen LogP contribution >= 0.6 is 0 Å². The van der Waals surface area contributed by atoms with Crippen molar-refractivity contribution in [3.63, 3.8) is 0 Å². The minimum atomic E-state index is -1.15. The summed E-state index contributed by atoms with van der Waals surface area (Å²) in [6.45, 7) is 0. The number of nitrogens with zero attached hydrogens (tertiary/aromatic N) is 1. The third-order valence-corrected chi connectivity index (χ3v) is 3.75. The van der Waals surface area contributed by atoms with Crippen LogP contribution in [-0.4, -0.2) is 5.97 Å². The molecule has 7 heteroatoms. The molecule has 0 aliphatic rings. The van der Waals surface area contributed by atoms with E-state index in [1.165, 1.54) is 36.4 Å². The summed E-state index contributed by atoms with van der Waals surface area (Å²) in [5.41, 5.74) is -0.725. The quantitative estimate of drug-likeness (QED) is 0.273. The molecule has 3 nitrogen and oxygen atoms in total. The molecule has 0 N–H and O–H groups in total. The van der Waals surface area contributed by atoms with Crippen LogP contribution in [0.25, 0.3) is 0 Å². The van der Waals surface area contributed by atoms with Gasteiger partial charge in [0.25, 0.3) is 0 Å². The van der Waals surface area contributed by atoms with Crippen LogP contribution in [0.15, 0.2) is 54.6 Å². The fourth-order valence-corrected chi connectivity index (χ4v) is 2.32. The molecule has 0 radical (unpaired) electrons. The average Bonchev–Trinajstić information content (AvgIpc) is 2.68. The number of ether oxygens (including phenoxy) is 1. The minimum absolute atomic E-state index is 0.0535. The van der Waals surface area contributed by atoms with E-state index in [9.17, 15) is 22.4 Å². The van der Waals surface area contributed by atoms with Gasteiger partial charge in [-0.3, -0.25) is 0 Å². The van der Waals surface area contributed by atoms with Crippen molar-refractivity contribution in [2.24, 2.45) is 0 Å². The number of carbonyl (C=O) groups excluding carboxylic acids is 1. The molecule has 0 bridgehead atoms. The second-order valence-corrected chi connectivity index (χ2v) is 5.69. The van der Waals surface area contributed by atoms with Gasteiger partial charge in [0.2, 0.25) is 0 Å². The van der Waals surface area contributed by atoms with Gasteiger partial charge in [0, 0.05) is 17.7 Å². The van der Waals surface area contributed by atoms with Crippen LogP contribution in [0.2, 0.25) is 0 Å². The Morgan fingerprint density at radius 1 is 0.793 bits per heavy atom. The van der Waals surface area contributed by atoms with E-state index in [0.29, 0.717) is 5.56 Å². The molecule has 0 unspecified atom stereocenters. The third kappa shape index (κ3) is 4.42. The zero-order valence-corrected chi connectivity index (χ0v) is 14.5. The van der Waals surface area contributed by atoms with Gasteiger partial charge in [-0.2, -0.15) is 5.26 Å². The van der Waals surface area contributed by atoms with Gasteiger partial charge >= 0.3 is 5.97 Å². The Kier molecular flexibility index (Phi) is 5.61. The van der Waals surface area contributed by atoms with Crippen LogP contribution in [0, 0.1) is 46.4 Å². The van der Waals surface area contributed by atoms with E-state index in [0.717, 1.165) is 24.3 Å². The summed E-state index contributed by atoms with van der Waals surface area (Å²) >= 11 is 0. The zero-order valence-electron chi connectivity index (χ0n) is 14.5. The normalized spacial score (nSPS) is 9.90. The molecule has 142 valence electrons. The van der Waals surface area contributed by atoms with Crippen LogP contribution in [-0.2, 0) is 0 Å². The molecule has 0 aromatic heterocycles. The predicted octanol–water partition coefficient (Wildman–Crippen LogP) is 4.73. The summed E-state index contributed by atoms with van der Waals surface area (Å²) in [4.78, 5) is 12.1. The number of carbonyl (C=O) groups is 1. The molecule has 0 saturated heterocycles. The summed E-state index contributed by atoms with van der Waals surface area (Å²) in [6, 6.07) is 11.7. The molecule has 0 spiro atoms. The van der Waals surface area contributed by atoms with Crippen molar-refractivity contribution in [3.05, 3.63) is 100 Å². The smallest absolute Gasteiger partial charge is 0.343 e. The Balaban J connectivity index is 1.77. The van der Waals surface area contributed by atoms with Gasteiger partial charge in [-0.05, 0) is 36.4 Å². The van der Waals surface area contributed by atoms with Crippen LogP contribution in [0.5, 0.6) is 5.75 Å². The van der Waals surface area contributed by atoms with Gasteiger partial charge in [0.15, 0.2) is 0 Å². The Morgan fingerprint density at radius 3 is 1.93 bits per heavy atom. The lowest BCUT2D eigenvalue weighted by molar-refractivity contribution is 0.0734. The van der Waals surface area contributed by atoms with E-state index in [2.05, 4.69) is 11.8 Å². The van der Waals surface area contributed by atoms with Crippen LogP contribution in [0.1, 0.15) is 27.0 Å². The molecule has 0 fully saturated rings. The van der Waals surface area contributed by atoms with Crippen LogP contribution < -0.4 is 4.74 Å². The summed E-state index contributed by atoms with van der Waals surface area (Å²) in [5.74, 6) is -0.225. The van der Waals surface area contributed by atoms with Gasteiger partial charge in [-0.25, -0.2) is 22.4 Å². The Hall–Kier alpha value is -4.10. The van der Waals surface area contributed by atoms with Gasteiger partial charge in [0.1, 0.15) is 40.7 Å². The van der Waals surface area contributed by atoms with Crippen molar-refractivity contribution in [1.82, 2.24) is 0 Å². The van der Waals surface area contributed by atoms with Crippen molar-refractivity contribution in [2.75, 3.05) is 0 Å². The highest BCUT2D eigenvalue weighted by molar-refractivity contribution is 5.91. The van der Waals surface area contributed by atoms with E-state index < -0.39 is 40.6 Å². The molecular formula is C22H9F4NO2. The van der Waals surface area contributed by atoms with Crippen molar-refractivity contribution >= 4 is 5.97 Å². The Morgan fingerprint density at radius 2 is 1.38 bits per heavy atom. The second kappa shape index (κ2) is 8.28. The van der Waals surface area contributed by atoms with Gasteiger partial charge in [0.05, 0.1) is 11.1 Å². The van der Waals surface area contributed by atoms with Crippen molar-refractivity contribution in [2.45, 2.75) is 0 Å². The molecule has 0 saturated carbocycles. The molecule has 0 amide bonds. The fraction of sp³-hybridized carbons (Fsp3) is 0. The molecule has 0 aliphatic heterocycles. The Labute approximate surface area is 162 Å². The molecule has 0 atom stereocenters. The number of benzene rings is 3. The van der Waals surface area contributed by atoms with E-state index in [4.69, 9.17) is 10.00 Å². The van der Waals surface area contributed by atoms with Gasteiger partial charge in [-0.1, -0.05) is 17.9 Å². The first-order valence-electron chi connectivity index (χ1n) is 8.06. The van der Waals surface area contributed by atoms with Gasteiger partial charge in [-0.15, -0.1) is 0 Å². The zero-order chi connectivity index (χ0) is 21.0.